The van der Waals surface area contributed by atoms with E-state index < -0.39 is 0 Å². The predicted molar refractivity (Wildman–Crippen MR) is 107 cm³/mol. The highest BCUT2D eigenvalue weighted by molar-refractivity contribution is 8.14. The molecule has 1 atom stereocenters. The lowest BCUT2D eigenvalue weighted by atomic mass is 10.1. The van der Waals surface area contributed by atoms with Crippen molar-refractivity contribution in [1.29, 1.82) is 0 Å². The summed E-state index contributed by atoms with van der Waals surface area (Å²) in [5.74, 6) is 1.11. The molecule has 2 aliphatic heterocycles. The molecule has 0 saturated carbocycles. The van der Waals surface area contributed by atoms with Gasteiger partial charge in [0.25, 0.3) is 0 Å². The first-order valence-corrected chi connectivity index (χ1v) is 9.78. The third kappa shape index (κ3) is 2.44. The Morgan fingerprint density at radius 3 is 3.04 bits per heavy atom. The van der Waals surface area contributed by atoms with E-state index in [2.05, 4.69) is 65.3 Å². The largest absolute Gasteiger partial charge is 0.316 e. The van der Waals surface area contributed by atoms with Crippen LogP contribution in [0.5, 0.6) is 0 Å². The van der Waals surface area contributed by atoms with Gasteiger partial charge in [0, 0.05) is 40.1 Å². The van der Waals surface area contributed by atoms with E-state index in [9.17, 15) is 0 Å². The summed E-state index contributed by atoms with van der Waals surface area (Å²) in [4.78, 5) is 12.0. The molecular formula is C21H19N3S. The molecule has 5 rings (SSSR count). The standard InChI is InChI=1S/C21H19N3S/c1-2-16-11-18-15(12-22-16)7-5-8-19(18)23-21-24-17(13-25-21)10-14-6-3-4-9-20(14)24/h3-9,11-12,17H,2,10,13H2,1H3. The molecule has 1 saturated heterocycles. The molecule has 2 aromatic carbocycles. The summed E-state index contributed by atoms with van der Waals surface area (Å²) < 4.78 is 0. The molecule has 3 aromatic rings. The average Bonchev–Trinajstić information content (AvgIpc) is 3.21. The van der Waals surface area contributed by atoms with Gasteiger partial charge in [0.05, 0.1) is 5.69 Å². The van der Waals surface area contributed by atoms with Crippen LogP contribution in [-0.4, -0.2) is 21.9 Å². The number of amidine groups is 1. The number of aryl methyl sites for hydroxylation is 1. The Morgan fingerprint density at radius 2 is 2.12 bits per heavy atom. The molecule has 0 spiro atoms. The smallest absolute Gasteiger partial charge is 0.169 e. The minimum atomic E-state index is 0.545. The van der Waals surface area contributed by atoms with Gasteiger partial charge >= 0.3 is 0 Å². The van der Waals surface area contributed by atoms with Crippen molar-refractivity contribution >= 4 is 39.1 Å². The van der Waals surface area contributed by atoms with Crippen LogP contribution in [0.15, 0.2) is 59.7 Å². The van der Waals surface area contributed by atoms with E-state index in [1.54, 1.807) is 0 Å². The van der Waals surface area contributed by atoms with Crippen molar-refractivity contribution in [3.05, 3.63) is 66.0 Å². The Balaban J connectivity index is 1.62. The van der Waals surface area contributed by atoms with Gasteiger partial charge in [-0.15, -0.1) is 0 Å². The molecule has 4 heteroatoms. The molecule has 0 aliphatic carbocycles. The highest BCUT2D eigenvalue weighted by Crippen LogP contribution is 2.41. The second-order valence-corrected chi connectivity index (χ2v) is 7.58. The van der Waals surface area contributed by atoms with Crippen LogP contribution in [-0.2, 0) is 12.8 Å². The van der Waals surface area contributed by atoms with E-state index >= 15 is 0 Å². The fourth-order valence-corrected chi connectivity index (χ4v) is 4.93. The van der Waals surface area contributed by atoms with Gasteiger partial charge in [-0.2, -0.15) is 0 Å². The molecule has 0 radical (unpaired) electrons. The third-order valence-corrected chi connectivity index (χ3v) is 6.16. The highest BCUT2D eigenvalue weighted by Gasteiger charge is 2.37. The molecule has 1 aromatic heterocycles. The molecule has 124 valence electrons. The van der Waals surface area contributed by atoms with Crippen LogP contribution in [0.25, 0.3) is 10.8 Å². The number of thioether (sulfide) groups is 1. The molecule has 25 heavy (non-hydrogen) atoms. The lowest BCUT2D eigenvalue weighted by Crippen LogP contribution is -2.29. The van der Waals surface area contributed by atoms with E-state index in [-0.39, 0.29) is 0 Å². The second-order valence-electron chi connectivity index (χ2n) is 6.59. The van der Waals surface area contributed by atoms with Gasteiger partial charge in [-0.3, -0.25) is 4.98 Å². The van der Waals surface area contributed by atoms with Gasteiger partial charge in [-0.1, -0.05) is 49.0 Å². The fourth-order valence-electron chi connectivity index (χ4n) is 3.77. The first-order chi connectivity index (χ1) is 12.3. The number of aliphatic imine (C=N–C) groups is 1. The van der Waals surface area contributed by atoms with E-state index in [0.29, 0.717) is 6.04 Å². The number of nitrogens with zero attached hydrogens (tertiary/aromatic N) is 3. The van der Waals surface area contributed by atoms with Crippen LogP contribution < -0.4 is 4.90 Å². The normalized spacial score (nSPS) is 20.3. The third-order valence-electron chi connectivity index (χ3n) is 5.06. The van der Waals surface area contributed by atoms with Crippen LogP contribution in [0, 0.1) is 0 Å². The summed E-state index contributed by atoms with van der Waals surface area (Å²) in [7, 11) is 0. The zero-order chi connectivity index (χ0) is 16.8. The molecule has 0 amide bonds. The van der Waals surface area contributed by atoms with Crippen molar-refractivity contribution in [3.63, 3.8) is 0 Å². The van der Waals surface area contributed by atoms with Crippen LogP contribution in [0.3, 0.4) is 0 Å². The van der Waals surface area contributed by atoms with Gasteiger partial charge in [-0.25, -0.2) is 4.99 Å². The molecule has 0 bridgehead atoms. The molecule has 1 unspecified atom stereocenters. The zero-order valence-electron chi connectivity index (χ0n) is 14.1. The lowest BCUT2D eigenvalue weighted by Gasteiger charge is -2.18. The quantitative estimate of drug-likeness (QED) is 0.657. The summed E-state index contributed by atoms with van der Waals surface area (Å²) in [6, 6.07) is 17.8. The van der Waals surface area contributed by atoms with Crippen molar-refractivity contribution < 1.29 is 0 Å². The maximum atomic E-state index is 5.08. The summed E-state index contributed by atoms with van der Waals surface area (Å²) in [5.41, 5.74) is 4.93. The Kier molecular flexibility index (Phi) is 3.52. The van der Waals surface area contributed by atoms with Crippen molar-refractivity contribution in [2.75, 3.05) is 10.7 Å². The maximum absolute atomic E-state index is 5.08. The number of hydrogen-bond donors (Lipinski definition) is 0. The summed E-state index contributed by atoms with van der Waals surface area (Å²) in [6.45, 7) is 2.14. The van der Waals surface area contributed by atoms with Crippen LogP contribution >= 0.6 is 11.8 Å². The predicted octanol–water partition coefficient (Wildman–Crippen LogP) is 4.96. The Hall–Kier alpha value is -2.33. The lowest BCUT2D eigenvalue weighted by molar-refractivity contribution is 0.801. The second kappa shape index (κ2) is 5.88. The van der Waals surface area contributed by atoms with Gasteiger partial charge in [0.1, 0.15) is 0 Å². The molecule has 1 fully saturated rings. The number of fused-ring (bicyclic) bond motifs is 4. The number of rotatable bonds is 2. The molecule has 2 aliphatic rings. The van der Waals surface area contributed by atoms with Gasteiger partial charge in [0.15, 0.2) is 5.17 Å². The van der Waals surface area contributed by atoms with Crippen molar-refractivity contribution in [3.8, 4) is 0 Å². The van der Waals surface area contributed by atoms with Crippen molar-refractivity contribution in [2.45, 2.75) is 25.8 Å². The molecule has 3 heterocycles. The minimum Gasteiger partial charge on any atom is -0.316 e. The van der Waals surface area contributed by atoms with Crippen LogP contribution in [0.2, 0.25) is 0 Å². The molecular weight excluding hydrogens is 326 g/mol. The van der Waals surface area contributed by atoms with E-state index in [0.717, 1.165) is 40.5 Å². The number of hydrogen-bond acceptors (Lipinski definition) is 3. The summed E-state index contributed by atoms with van der Waals surface area (Å²) >= 11 is 1.87. The maximum Gasteiger partial charge on any atom is 0.169 e. The Labute approximate surface area is 151 Å². The van der Waals surface area contributed by atoms with Crippen LogP contribution in [0.4, 0.5) is 11.4 Å². The summed E-state index contributed by atoms with van der Waals surface area (Å²) in [5, 5.41) is 3.47. The molecule has 3 nitrogen and oxygen atoms in total. The number of pyridine rings is 1. The first kappa shape index (κ1) is 15.0. The fraction of sp³-hybridized carbons (Fsp3) is 0.238. The van der Waals surface area contributed by atoms with Gasteiger partial charge in [0.2, 0.25) is 0 Å². The number of benzene rings is 2. The SMILES string of the molecule is CCc1cc2c(N=C3SCC4Cc5ccccc5N34)cccc2cn1. The first-order valence-electron chi connectivity index (χ1n) is 8.80. The Bertz CT molecular complexity index is 995. The summed E-state index contributed by atoms with van der Waals surface area (Å²) in [6.07, 6.45) is 4.03. The minimum absolute atomic E-state index is 0.545. The monoisotopic (exact) mass is 345 g/mol. The van der Waals surface area contributed by atoms with Crippen molar-refractivity contribution in [2.24, 2.45) is 4.99 Å². The molecule has 0 N–H and O–H groups in total. The number of aromatic nitrogens is 1. The topological polar surface area (TPSA) is 28.5 Å². The van der Waals surface area contributed by atoms with E-state index in [1.165, 1.54) is 16.6 Å². The Morgan fingerprint density at radius 1 is 1.20 bits per heavy atom. The van der Waals surface area contributed by atoms with E-state index in [1.807, 2.05) is 18.0 Å². The van der Waals surface area contributed by atoms with Crippen LogP contribution in [0.1, 0.15) is 18.2 Å². The number of para-hydroxylation sites is 1. The highest BCUT2D eigenvalue weighted by atomic mass is 32.2. The van der Waals surface area contributed by atoms with Gasteiger partial charge < -0.3 is 4.90 Å². The zero-order valence-corrected chi connectivity index (χ0v) is 15.0. The number of anilines is 1. The van der Waals surface area contributed by atoms with E-state index in [4.69, 9.17) is 4.99 Å². The average molecular weight is 345 g/mol. The van der Waals surface area contributed by atoms with Gasteiger partial charge in [-0.05, 0) is 36.6 Å². The van der Waals surface area contributed by atoms with Crippen molar-refractivity contribution in [1.82, 2.24) is 4.98 Å².